The van der Waals surface area contributed by atoms with Gasteiger partial charge in [-0.25, -0.2) is 0 Å². The number of methoxy groups -OCH3 is 1. The zero-order valence-corrected chi connectivity index (χ0v) is 12.7. The number of benzene rings is 1. The lowest BCUT2D eigenvalue weighted by Crippen LogP contribution is -2.53. The molecular formula is C15H19F3N2O2. The van der Waals surface area contributed by atoms with Crippen molar-refractivity contribution in [1.82, 2.24) is 5.32 Å². The van der Waals surface area contributed by atoms with E-state index < -0.39 is 23.5 Å². The average molecular weight is 316 g/mol. The van der Waals surface area contributed by atoms with E-state index in [1.165, 1.54) is 7.11 Å². The van der Waals surface area contributed by atoms with Crippen LogP contribution in [-0.2, 0) is 16.6 Å². The van der Waals surface area contributed by atoms with Crippen LogP contribution in [0.4, 0.5) is 18.9 Å². The summed E-state index contributed by atoms with van der Waals surface area (Å²) in [5.74, 6) is -1.42. The molecule has 22 heavy (non-hydrogen) atoms. The van der Waals surface area contributed by atoms with Gasteiger partial charge in [0.1, 0.15) is 5.75 Å². The Bertz CT molecular complexity index is 597. The summed E-state index contributed by atoms with van der Waals surface area (Å²) in [7, 11) is 1.48. The molecule has 0 radical (unpaired) electrons. The number of nitrogens with one attached hydrogen (secondary N) is 1. The molecule has 0 aliphatic heterocycles. The first-order valence-electron chi connectivity index (χ1n) is 6.92. The molecule has 1 amide bonds. The van der Waals surface area contributed by atoms with E-state index in [4.69, 9.17) is 10.5 Å². The second-order valence-corrected chi connectivity index (χ2v) is 6.04. The number of anilines is 1. The van der Waals surface area contributed by atoms with E-state index in [9.17, 15) is 18.0 Å². The molecule has 122 valence electrons. The smallest absolute Gasteiger partial charge is 0.471 e. The molecule has 4 nitrogen and oxygen atoms in total. The van der Waals surface area contributed by atoms with Crippen LogP contribution in [0.25, 0.3) is 0 Å². The molecule has 7 heteroatoms. The SMILES string of the molecule is COc1cc2c(cc1N)CCC(NC(=O)C(F)(F)F)C2(C)C. The standard InChI is InChI=1S/C15H19F3N2O2/c1-14(2)9-7-11(22-3)10(19)6-8(9)4-5-12(14)20-13(21)15(16,17)18/h6-7,12H,4-5,19H2,1-3H3,(H,20,21). The number of nitrogens with two attached hydrogens (primary N) is 1. The van der Waals surface area contributed by atoms with Gasteiger partial charge in [-0.3, -0.25) is 4.79 Å². The maximum Gasteiger partial charge on any atom is 0.471 e. The Hall–Kier alpha value is -1.92. The highest BCUT2D eigenvalue weighted by atomic mass is 19.4. The molecule has 0 aromatic heterocycles. The topological polar surface area (TPSA) is 64.3 Å². The third kappa shape index (κ3) is 2.84. The first-order chi connectivity index (χ1) is 10.1. The van der Waals surface area contributed by atoms with Crippen LogP contribution in [-0.4, -0.2) is 25.2 Å². The van der Waals surface area contributed by atoms with Gasteiger partial charge in [-0.1, -0.05) is 13.8 Å². The predicted molar refractivity (Wildman–Crippen MR) is 76.7 cm³/mol. The summed E-state index contributed by atoms with van der Waals surface area (Å²) in [5, 5.41) is 2.11. The summed E-state index contributed by atoms with van der Waals surface area (Å²) in [6, 6.07) is 2.93. The number of fused-ring (bicyclic) bond motifs is 1. The van der Waals surface area contributed by atoms with Crippen molar-refractivity contribution in [1.29, 1.82) is 0 Å². The lowest BCUT2D eigenvalue weighted by Gasteiger charge is -2.41. The number of nitrogen functional groups attached to an aromatic ring is 1. The Morgan fingerprint density at radius 3 is 2.59 bits per heavy atom. The summed E-state index contributed by atoms with van der Waals surface area (Å²) in [6.07, 6.45) is -3.90. The summed E-state index contributed by atoms with van der Waals surface area (Å²) >= 11 is 0. The van der Waals surface area contributed by atoms with Crippen LogP contribution in [0.1, 0.15) is 31.4 Å². The number of aryl methyl sites for hydroxylation is 1. The molecule has 0 fully saturated rings. The van der Waals surface area contributed by atoms with E-state index in [2.05, 4.69) is 5.32 Å². The van der Waals surface area contributed by atoms with Crippen molar-refractivity contribution in [3.05, 3.63) is 23.3 Å². The van der Waals surface area contributed by atoms with E-state index in [1.54, 1.807) is 12.1 Å². The second kappa shape index (κ2) is 5.37. The highest BCUT2D eigenvalue weighted by Crippen LogP contribution is 2.41. The van der Waals surface area contributed by atoms with Crippen molar-refractivity contribution in [3.63, 3.8) is 0 Å². The fourth-order valence-corrected chi connectivity index (χ4v) is 2.97. The molecule has 0 bridgehead atoms. The van der Waals surface area contributed by atoms with Crippen LogP contribution in [0.3, 0.4) is 0 Å². The Kier molecular flexibility index (Phi) is 4.02. The minimum absolute atomic E-state index is 0.424. The van der Waals surface area contributed by atoms with Gasteiger partial charge in [0.25, 0.3) is 0 Å². The molecule has 3 N–H and O–H groups in total. The zero-order chi connectivity index (χ0) is 16.7. The number of hydrogen-bond donors (Lipinski definition) is 2. The van der Waals surface area contributed by atoms with Crippen LogP contribution in [0.5, 0.6) is 5.75 Å². The summed E-state index contributed by atoms with van der Waals surface area (Å²) in [5.41, 5.74) is 7.53. The second-order valence-electron chi connectivity index (χ2n) is 6.04. The number of alkyl halides is 3. The largest absolute Gasteiger partial charge is 0.495 e. The third-order valence-electron chi connectivity index (χ3n) is 4.29. The van der Waals surface area contributed by atoms with E-state index in [-0.39, 0.29) is 0 Å². The van der Waals surface area contributed by atoms with Gasteiger partial charge in [0.2, 0.25) is 0 Å². The van der Waals surface area contributed by atoms with Crippen molar-refractivity contribution in [3.8, 4) is 5.75 Å². The highest BCUT2D eigenvalue weighted by molar-refractivity contribution is 5.82. The third-order valence-corrected chi connectivity index (χ3v) is 4.29. The Morgan fingerprint density at radius 2 is 2.05 bits per heavy atom. The fraction of sp³-hybridized carbons (Fsp3) is 0.533. The normalized spacial score (nSPS) is 20.2. The molecule has 0 spiro atoms. The maximum atomic E-state index is 12.5. The van der Waals surface area contributed by atoms with E-state index in [1.807, 2.05) is 13.8 Å². The number of amides is 1. The molecule has 0 heterocycles. The van der Waals surface area contributed by atoms with Gasteiger partial charge in [-0.2, -0.15) is 13.2 Å². The van der Waals surface area contributed by atoms with Crippen LogP contribution < -0.4 is 15.8 Å². The van der Waals surface area contributed by atoms with E-state index >= 15 is 0 Å². The van der Waals surface area contributed by atoms with E-state index in [0.29, 0.717) is 24.3 Å². The molecule has 1 aromatic rings. The summed E-state index contributed by atoms with van der Waals surface area (Å²) in [4.78, 5) is 11.2. The van der Waals surface area contributed by atoms with Gasteiger partial charge in [0.05, 0.1) is 12.8 Å². The molecule has 1 aliphatic rings. The van der Waals surface area contributed by atoms with Crippen molar-refractivity contribution >= 4 is 11.6 Å². The van der Waals surface area contributed by atoms with Gasteiger partial charge in [0, 0.05) is 11.5 Å². The minimum atomic E-state index is -4.88. The van der Waals surface area contributed by atoms with Crippen LogP contribution in [0.15, 0.2) is 12.1 Å². The molecular weight excluding hydrogens is 297 g/mol. The van der Waals surface area contributed by atoms with Crippen LogP contribution >= 0.6 is 0 Å². The van der Waals surface area contributed by atoms with Gasteiger partial charge in [-0.05, 0) is 36.1 Å². The van der Waals surface area contributed by atoms with E-state index in [0.717, 1.165) is 11.1 Å². The first kappa shape index (κ1) is 16.5. The molecule has 1 aromatic carbocycles. The van der Waals surface area contributed by atoms with Crippen molar-refractivity contribution < 1.29 is 22.7 Å². The number of carbonyl (C=O) groups excluding carboxylic acids is 1. The van der Waals surface area contributed by atoms with Crippen LogP contribution in [0.2, 0.25) is 0 Å². The number of rotatable bonds is 2. The number of hydrogen-bond acceptors (Lipinski definition) is 3. The highest BCUT2D eigenvalue weighted by Gasteiger charge is 2.44. The number of halogens is 3. The summed E-state index contributed by atoms with van der Waals surface area (Å²) in [6.45, 7) is 3.61. The van der Waals surface area contributed by atoms with Gasteiger partial charge in [0.15, 0.2) is 0 Å². The Balaban J connectivity index is 2.35. The Labute approximate surface area is 126 Å². The first-order valence-corrected chi connectivity index (χ1v) is 6.92. The molecule has 1 aliphatic carbocycles. The van der Waals surface area contributed by atoms with Crippen molar-refractivity contribution in [2.75, 3.05) is 12.8 Å². The monoisotopic (exact) mass is 316 g/mol. The Morgan fingerprint density at radius 1 is 1.41 bits per heavy atom. The maximum absolute atomic E-state index is 12.5. The van der Waals surface area contributed by atoms with Crippen molar-refractivity contribution in [2.24, 2.45) is 0 Å². The quantitative estimate of drug-likeness (QED) is 0.824. The lowest BCUT2D eigenvalue weighted by molar-refractivity contribution is -0.175. The fourth-order valence-electron chi connectivity index (χ4n) is 2.97. The van der Waals surface area contributed by atoms with Crippen LogP contribution in [0, 0.1) is 0 Å². The molecule has 0 saturated carbocycles. The zero-order valence-electron chi connectivity index (χ0n) is 12.7. The van der Waals surface area contributed by atoms with Gasteiger partial charge < -0.3 is 15.8 Å². The number of carbonyl (C=O) groups is 1. The average Bonchev–Trinajstić information content (AvgIpc) is 2.40. The predicted octanol–water partition coefficient (Wildman–Crippen LogP) is 2.55. The van der Waals surface area contributed by atoms with Gasteiger partial charge >= 0.3 is 12.1 Å². The molecule has 1 atom stereocenters. The molecule has 0 saturated heterocycles. The summed E-state index contributed by atoms with van der Waals surface area (Å²) < 4.78 is 42.6. The van der Waals surface area contributed by atoms with Gasteiger partial charge in [-0.15, -0.1) is 0 Å². The van der Waals surface area contributed by atoms with Crippen molar-refractivity contribution in [2.45, 2.75) is 44.3 Å². The minimum Gasteiger partial charge on any atom is -0.495 e. The molecule has 1 unspecified atom stereocenters. The number of ether oxygens (including phenoxy) is 1. The lowest BCUT2D eigenvalue weighted by atomic mass is 9.69. The molecule has 2 rings (SSSR count).